The second kappa shape index (κ2) is 9.73. The van der Waals surface area contributed by atoms with Crippen molar-refractivity contribution in [3.8, 4) is 0 Å². The molecule has 0 bridgehead atoms. The maximum atomic E-state index is 12.1. The summed E-state index contributed by atoms with van der Waals surface area (Å²) >= 11 is 0. The summed E-state index contributed by atoms with van der Waals surface area (Å²) in [6, 6.07) is 16.3. The third-order valence-electron chi connectivity index (χ3n) is 4.67. The Morgan fingerprint density at radius 1 is 1.21 bits per heavy atom. The van der Waals surface area contributed by atoms with Crippen molar-refractivity contribution in [2.45, 2.75) is 25.8 Å². The van der Waals surface area contributed by atoms with Crippen LogP contribution in [0.2, 0.25) is 0 Å². The number of aryl methyl sites for hydroxylation is 1. The Balaban J connectivity index is 1.40. The van der Waals surface area contributed by atoms with Gasteiger partial charge in [0.25, 0.3) is 0 Å². The Kier molecular flexibility index (Phi) is 6.84. The van der Waals surface area contributed by atoms with Crippen LogP contribution in [-0.4, -0.2) is 49.6 Å². The van der Waals surface area contributed by atoms with Gasteiger partial charge in [0, 0.05) is 50.5 Å². The van der Waals surface area contributed by atoms with E-state index < -0.39 is 0 Å². The van der Waals surface area contributed by atoms with E-state index in [9.17, 15) is 4.79 Å². The highest BCUT2D eigenvalue weighted by atomic mass is 16.1. The summed E-state index contributed by atoms with van der Waals surface area (Å²) in [7, 11) is 1.75. The summed E-state index contributed by atoms with van der Waals surface area (Å²) in [4.78, 5) is 23.0. The molecular weight excluding hydrogens is 352 g/mol. The molecule has 1 saturated heterocycles. The Bertz CT molecular complexity index is 808. The summed E-state index contributed by atoms with van der Waals surface area (Å²) in [5.41, 5.74) is 2.12. The van der Waals surface area contributed by atoms with Crippen molar-refractivity contribution in [2.24, 2.45) is 4.99 Å². The fourth-order valence-electron chi connectivity index (χ4n) is 3.25. The first-order valence-corrected chi connectivity index (χ1v) is 9.65. The van der Waals surface area contributed by atoms with Gasteiger partial charge in [0.05, 0.1) is 0 Å². The standard InChI is InChI=1S/C21H28N6O/c1-16-7-6-10-19(24-16)26-20(28)11-13-23-21(22-2)25-17-12-14-27(15-17)18-8-4-3-5-9-18/h3-10,17H,11-15H2,1-2H3,(H2,22,23,25)(H,24,26,28). The minimum absolute atomic E-state index is 0.0721. The maximum Gasteiger partial charge on any atom is 0.227 e. The van der Waals surface area contributed by atoms with E-state index in [-0.39, 0.29) is 5.91 Å². The van der Waals surface area contributed by atoms with Crippen LogP contribution >= 0.6 is 0 Å². The van der Waals surface area contributed by atoms with Crippen LogP contribution in [0.25, 0.3) is 0 Å². The van der Waals surface area contributed by atoms with Gasteiger partial charge in [0.2, 0.25) is 5.91 Å². The van der Waals surface area contributed by atoms with Crippen LogP contribution in [-0.2, 0) is 4.79 Å². The Morgan fingerprint density at radius 2 is 2.04 bits per heavy atom. The molecule has 1 aliphatic heterocycles. The van der Waals surface area contributed by atoms with E-state index in [1.54, 1.807) is 13.1 Å². The highest BCUT2D eigenvalue weighted by molar-refractivity contribution is 5.90. The summed E-state index contributed by atoms with van der Waals surface area (Å²) in [5, 5.41) is 9.48. The predicted molar refractivity (Wildman–Crippen MR) is 114 cm³/mol. The number of aromatic nitrogens is 1. The van der Waals surface area contributed by atoms with Crippen molar-refractivity contribution in [2.75, 3.05) is 36.9 Å². The number of benzene rings is 1. The molecule has 7 nitrogen and oxygen atoms in total. The second-order valence-electron chi connectivity index (χ2n) is 6.87. The molecule has 0 spiro atoms. The molecule has 2 heterocycles. The SMILES string of the molecule is CN=C(NCCC(=O)Nc1cccc(C)n1)NC1CCN(c2ccccc2)C1. The van der Waals surface area contributed by atoms with Crippen molar-refractivity contribution < 1.29 is 4.79 Å². The number of amides is 1. The van der Waals surface area contributed by atoms with Crippen LogP contribution in [0.4, 0.5) is 11.5 Å². The van der Waals surface area contributed by atoms with Crippen molar-refractivity contribution in [1.82, 2.24) is 15.6 Å². The van der Waals surface area contributed by atoms with Gasteiger partial charge in [-0.3, -0.25) is 9.79 Å². The lowest BCUT2D eigenvalue weighted by Gasteiger charge is -2.20. The molecule has 1 atom stereocenters. The quantitative estimate of drug-likeness (QED) is 0.529. The smallest absolute Gasteiger partial charge is 0.227 e. The van der Waals surface area contributed by atoms with E-state index in [2.05, 4.69) is 55.1 Å². The zero-order chi connectivity index (χ0) is 19.8. The van der Waals surface area contributed by atoms with Gasteiger partial charge >= 0.3 is 0 Å². The van der Waals surface area contributed by atoms with E-state index in [0.717, 1.165) is 31.2 Å². The maximum absolute atomic E-state index is 12.1. The molecule has 2 aromatic rings. The number of nitrogens with zero attached hydrogens (tertiary/aromatic N) is 3. The van der Waals surface area contributed by atoms with Crippen LogP contribution in [0, 0.1) is 6.92 Å². The molecule has 0 saturated carbocycles. The molecule has 0 radical (unpaired) electrons. The number of para-hydroxylation sites is 1. The number of hydrogen-bond acceptors (Lipinski definition) is 4. The number of hydrogen-bond donors (Lipinski definition) is 3. The third-order valence-corrected chi connectivity index (χ3v) is 4.67. The van der Waals surface area contributed by atoms with Gasteiger partial charge in [-0.15, -0.1) is 0 Å². The number of guanidine groups is 1. The van der Waals surface area contributed by atoms with Gasteiger partial charge in [-0.05, 0) is 37.6 Å². The molecule has 1 aromatic carbocycles. The summed E-state index contributed by atoms with van der Waals surface area (Å²) in [6.07, 6.45) is 1.40. The molecule has 3 rings (SSSR count). The predicted octanol–water partition coefficient (Wildman–Crippen LogP) is 2.16. The summed E-state index contributed by atoms with van der Waals surface area (Å²) in [5.74, 6) is 1.23. The minimum atomic E-state index is -0.0721. The fourth-order valence-corrected chi connectivity index (χ4v) is 3.25. The van der Waals surface area contributed by atoms with E-state index in [0.29, 0.717) is 24.8 Å². The highest BCUT2D eigenvalue weighted by Crippen LogP contribution is 2.19. The first-order valence-electron chi connectivity index (χ1n) is 9.65. The van der Waals surface area contributed by atoms with Crippen LogP contribution in [0.5, 0.6) is 0 Å². The zero-order valence-corrected chi connectivity index (χ0v) is 16.5. The van der Waals surface area contributed by atoms with Gasteiger partial charge in [-0.25, -0.2) is 4.98 Å². The van der Waals surface area contributed by atoms with Crippen molar-refractivity contribution >= 4 is 23.4 Å². The molecule has 148 valence electrons. The van der Waals surface area contributed by atoms with Gasteiger partial charge in [-0.2, -0.15) is 0 Å². The molecule has 3 N–H and O–H groups in total. The van der Waals surface area contributed by atoms with Crippen LogP contribution in [0.3, 0.4) is 0 Å². The molecular formula is C21H28N6O. The number of aliphatic imine (C=N–C) groups is 1. The molecule has 7 heteroatoms. The molecule has 1 aliphatic rings. The van der Waals surface area contributed by atoms with E-state index >= 15 is 0 Å². The lowest BCUT2D eigenvalue weighted by Crippen LogP contribution is -2.45. The monoisotopic (exact) mass is 380 g/mol. The lowest BCUT2D eigenvalue weighted by atomic mass is 10.2. The first-order chi connectivity index (χ1) is 13.6. The highest BCUT2D eigenvalue weighted by Gasteiger charge is 2.23. The third kappa shape index (κ3) is 5.70. The molecule has 1 fully saturated rings. The molecule has 1 aromatic heterocycles. The van der Waals surface area contributed by atoms with Crippen molar-refractivity contribution in [3.05, 3.63) is 54.2 Å². The molecule has 0 aliphatic carbocycles. The number of anilines is 2. The Labute approximate surface area is 166 Å². The lowest BCUT2D eigenvalue weighted by molar-refractivity contribution is -0.116. The zero-order valence-electron chi connectivity index (χ0n) is 16.5. The van der Waals surface area contributed by atoms with Crippen molar-refractivity contribution in [1.29, 1.82) is 0 Å². The molecule has 1 amide bonds. The fraction of sp³-hybridized carbons (Fsp3) is 0.381. The van der Waals surface area contributed by atoms with Gasteiger partial charge in [-0.1, -0.05) is 24.3 Å². The van der Waals surface area contributed by atoms with Crippen LogP contribution in [0.15, 0.2) is 53.5 Å². The van der Waals surface area contributed by atoms with Crippen molar-refractivity contribution in [3.63, 3.8) is 0 Å². The number of rotatable bonds is 6. The van der Waals surface area contributed by atoms with Gasteiger partial charge in [0.1, 0.15) is 5.82 Å². The van der Waals surface area contributed by atoms with Gasteiger partial charge in [0.15, 0.2) is 5.96 Å². The van der Waals surface area contributed by atoms with E-state index in [1.165, 1.54) is 5.69 Å². The average molecular weight is 380 g/mol. The second-order valence-corrected chi connectivity index (χ2v) is 6.87. The molecule has 1 unspecified atom stereocenters. The summed E-state index contributed by atoms with van der Waals surface area (Å²) < 4.78 is 0. The van der Waals surface area contributed by atoms with E-state index in [4.69, 9.17) is 0 Å². The Hall–Kier alpha value is -3.09. The summed E-state index contributed by atoms with van der Waals surface area (Å²) in [6.45, 7) is 4.36. The number of carbonyl (C=O) groups is 1. The van der Waals surface area contributed by atoms with Crippen LogP contribution < -0.4 is 20.9 Å². The Morgan fingerprint density at radius 3 is 2.79 bits per heavy atom. The molecule has 28 heavy (non-hydrogen) atoms. The number of pyridine rings is 1. The van der Waals surface area contributed by atoms with E-state index in [1.807, 2.05) is 25.1 Å². The normalized spacial score (nSPS) is 16.7. The van der Waals surface area contributed by atoms with Crippen LogP contribution in [0.1, 0.15) is 18.5 Å². The minimum Gasteiger partial charge on any atom is -0.369 e. The average Bonchev–Trinajstić information content (AvgIpc) is 3.16. The first kappa shape index (κ1) is 19.7. The number of nitrogens with one attached hydrogen (secondary N) is 3. The van der Waals surface area contributed by atoms with Gasteiger partial charge < -0.3 is 20.9 Å². The largest absolute Gasteiger partial charge is 0.369 e. The number of carbonyl (C=O) groups excluding carboxylic acids is 1. The topological polar surface area (TPSA) is 81.6 Å².